The van der Waals surface area contributed by atoms with Gasteiger partial charge in [0.1, 0.15) is 0 Å². The second-order valence-corrected chi connectivity index (χ2v) is 4.80. The van der Waals surface area contributed by atoms with Gasteiger partial charge in [-0.25, -0.2) is 0 Å². The summed E-state index contributed by atoms with van der Waals surface area (Å²) in [7, 11) is 0. The molecule has 0 heterocycles. The van der Waals surface area contributed by atoms with Crippen LogP contribution in [0.4, 0.5) is 11.4 Å². The van der Waals surface area contributed by atoms with Gasteiger partial charge >= 0.3 is 0 Å². The van der Waals surface area contributed by atoms with Crippen LogP contribution in [0, 0.1) is 6.92 Å². The number of hydrogen-bond donors (Lipinski definition) is 2. The van der Waals surface area contributed by atoms with Crippen LogP contribution in [0.3, 0.4) is 0 Å². The van der Waals surface area contributed by atoms with E-state index in [2.05, 4.69) is 5.32 Å². The van der Waals surface area contributed by atoms with Crippen LogP contribution in [0.5, 0.6) is 0 Å². The number of hydrogen-bond acceptors (Lipinski definition) is 3. The summed E-state index contributed by atoms with van der Waals surface area (Å²) in [4.78, 5) is 12.0. The number of aryl methyl sites for hydroxylation is 1. The summed E-state index contributed by atoms with van der Waals surface area (Å²) in [5, 5.41) is 3.79. The smallest absolute Gasteiger partial charge is 0.181 e. The molecule has 0 fully saturated rings. The van der Waals surface area contributed by atoms with E-state index in [4.69, 9.17) is 17.3 Å². The summed E-state index contributed by atoms with van der Waals surface area (Å²) in [6, 6.07) is 12.5. The quantitative estimate of drug-likeness (QED) is 0.662. The largest absolute Gasteiger partial charge is 0.399 e. The lowest BCUT2D eigenvalue weighted by atomic mass is 10.1. The Labute approximate surface area is 117 Å². The van der Waals surface area contributed by atoms with Gasteiger partial charge in [-0.15, -0.1) is 0 Å². The van der Waals surface area contributed by atoms with E-state index >= 15 is 0 Å². The number of carbonyl (C=O) groups is 1. The first kappa shape index (κ1) is 13.4. The maximum atomic E-state index is 12.0. The molecule has 2 aromatic carbocycles. The normalized spacial score (nSPS) is 10.2. The van der Waals surface area contributed by atoms with Crippen LogP contribution in [0.2, 0.25) is 5.02 Å². The predicted octanol–water partition coefficient (Wildman–Crippen LogP) is 3.53. The number of Topliss-reactive ketones (excluding diaryl/α,β-unsaturated/α-hetero) is 1. The molecule has 0 saturated heterocycles. The Balaban J connectivity index is 2.04. The SMILES string of the molecule is Cc1cc(Cl)ccc1NCC(=O)c1cccc(N)c1. The number of benzene rings is 2. The highest BCUT2D eigenvalue weighted by molar-refractivity contribution is 6.30. The second-order valence-electron chi connectivity index (χ2n) is 4.36. The fourth-order valence-electron chi connectivity index (χ4n) is 1.82. The molecule has 2 aromatic rings. The van der Waals surface area contributed by atoms with E-state index < -0.39 is 0 Å². The van der Waals surface area contributed by atoms with Gasteiger partial charge in [0.25, 0.3) is 0 Å². The van der Waals surface area contributed by atoms with Crippen molar-refractivity contribution in [2.45, 2.75) is 6.92 Å². The zero-order valence-corrected chi connectivity index (χ0v) is 11.4. The van der Waals surface area contributed by atoms with Gasteiger partial charge in [-0.1, -0.05) is 23.7 Å². The first-order chi connectivity index (χ1) is 9.06. The van der Waals surface area contributed by atoms with E-state index in [1.54, 1.807) is 30.3 Å². The van der Waals surface area contributed by atoms with Gasteiger partial charge in [0, 0.05) is 22.0 Å². The van der Waals surface area contributed by atoms with Crippen LogP contribution in [0.25, 0.3) is 0 Å². The Bertz CT molecular complexity index is 611. The van der Waals surface area contributed by atoms with Crippen LogP contribution in [0.1, 0.15) is 15.9 Å². The lowest BCUT2D eigenvalue weighted by Gasteiger charge is -2.09. The minimum Gasteiger partial charge on any atom is -0.399 e. The molecule has 19 heavy (non-hydrogen) atoms. The molecule has 98 valence electrons. The van der Waals surface area contributed by atoms with E-state index in [1.807, 2.05) is 19.1 Å². The number of nitrogen functional groups attached to an aromatic ring is 1. The fraction of sp³-hybridized carbons (Fsp3) is 0.133. The first-order valence-corrected chi connectivity index (χ1v) is 6.33. The van der Waals surface area contributed by atoms with E-state index in [-0.39, 0.29) is 12.3 Å². The maximum Gasteiger partial charge on any atom is 0.181 e. The summed E-state index contributed by atoms with van der Waals surface area (Å²) < 4.78 is 0. The van der Waals surface area contributed by atoms with Crippen molar-refractivity contribution < 1.29 is 4.79 Å². The number of halogens is 1. The molecule has 0 aliphatic carbocycles. The number of anilines is 2. The number of ketones is 1. The lowest BCUT2D eigenvalue weighted by Crippen LogP contribution is -2.14. The molecule has 0 radical (unpaired) electrons. The third-order valence-corrected chi connectivity index (χ3v) is 3.07. The highest BCUT2D eigenvalue weighted by atomic mass is 35.5. The third kappa shape index (κ3) is 3.48. The monoisotopic (exact) mass is 274 g/mol. The average molecular weight is 275 g/mol. The zero-order valence-electron chi connectivity index (χ0n) is 10.6. The predicted molar refractivity (Wildman–Crippen MR) is 79.9 cm³/mol. The molecule has 3 nitrogen and oxygen atoms in total. The van der Waals surface area contributed by atoms with Crippen molar-refractivity contribution >= 4 is 28.8 Å². The highest BCUT2D eigenvalue weighted by Gasteiger charge is 2.06. The molecule has 0 amide bonds. The minimum absolute atomic E-state index is 0.00153. The first-order valence-electron chi connectivity index (χ1n) is 5.95. The van der Waals surface area contributed by atoms with E-state index in [9.17, 15) is 4.79 Å². The molecule has 2 rings (SSSR count). The third-order valence-electron chi connectivity index (χ3n) is 2.84. The Morgan fingerprint density at radius 3 is 2.74 bits per heavy atom. The molecular weight excluding hydrogens is 260 g/mol. The molecule has 0 aromatic heterocycles. The average Bonchev–Trinajstić information content (AvgIpc) is 2.37. The minimum atomic E-state index is 0.00153. The van der Waals surface area contributed by atoms with E-state index in [1.165, 1.54) is 0 Å². The molecule has 0 atom stereocenters. The van der Waals surface area contributed by atoms with Gasteiger partial charge in [0.2, 0.25) is 0 Å². The molecular formula is C15H15ClN2O. The number of nitrogens with two attached hydrogens (primary N) is 1. The van der Waals surface area contributed by atoms with Crippen LogP contribution >= 0.6 is 11.6 Å². The number of carbonyl (C=O) groups excluding carboxylic acids is 1. The number of nitrogens with one attached hydrogen (secondary N) is 1. The molecule has 0 unspecified atom stereocenters. The van der Waals surface area contributed by atoms with E-state index in [0.29, 0.717) is 16.3 Å². The molecule has 0 saturated carbocycles. The molecule has 0 bridgehead atoms. The van der Waals surface area contributed by atoms with Crippen molar-refractivity contribution in [1.82, 2.24) is 0 Å². The lowest BCUT2D eigenvalue weighted by molar-refractivity contribution is 0.101. The van der Waals surface area contributed by atoms with Crippen molar-refractivity contribution in [3.8, 4) is 0 Å². The molecule has 3 N–H and O–H groups in total. The second kappa shape index (κ2) is 5.76. The molecule has 0 aliphatic rings. The van der Waals surface area contributed by atoms with Crippen LogP contribution < -0.4 is 11.1 Å². The molecule has 0 spiro atoms. The van der Waals surface area contributed by atoms with Crippen molar-refractivity contribution in [3.63, 3.8) is 0 Å². The topological polar surface area (TPSA) is 55.1 Å². The van der Waals surface area contributed by atoms with Gasteiger partial charge < -0.3 is 11.1 Å². The Morgan fingerprint density at radius 1 is 1.26 bits per heavy atom. The summed E-state index contributed by atoms with van der Waals surface area (Å²) in [6.45, 7) is 2.17. The summed E-state index contributed by atoms with van der Waals surface area (Å²) >= 11 is 5.88. The number of rotatable bonds is 4. The Hall–Kier alpha value is -2.00. The van der Waals surface area contributed by atoms with Crippen molar-refractivity contribution in [2.75, 3.05) is 17.6 Å². The van der Waals surface area contributed by atoms with Crippen molar-refractivity contribution in [2.24, 2.45) is 0 Å². The molecule has 4 heteroatoms. The molecule has 0 aliphatic heterocycles. The maximum absolute atomic E-state index is 12.0. The summed E-state index contributed by atoms with van der Waals surface area (Å²) in [6.07, 6.45) is 0. The standard InChI is InChI=1S/C15H15ClN2O/c1-10-7-12(16)5-6-14(10)18-9-15(19)11-3-2-4-13(17)8-11/h2-8,18H,9,17H2,1H3. The zero-order chi connectivity index (χ0) is 13.8. The Kier molecular flexibility index (Phi) is 4.07. The fourth-order valence-corrected chi connectivity index (χ4v) is 2.04. The van der Waals surface area contributed by atoms with Gasteiger partial charge in [-0.05, 0) is 42.8 Å². The van der Waals surface area contributed by atoms with Crippen molar-refractivity contribution in [1.29, 1.82) is 0 Å². The van der Waals surface area contributed by atoms with Crippen LogP contribution in [-0.4, -0.2) is 12.3 Å². The van der Waals surface area contributed by atoms with E-state index in [0.717, 1.165) is 11.3 Å². The van der Waals surface area contributed by atoms with Gasteiger partial charge in [-0.2, -0.15) is 0 Å². The Morgan fingerprint density at radius 2 is 2.05 bits per heavy atom. The van der Waals surface area contributed by atoms with Gasteiger partial charge in [-0.3, -0.25) is 4.79 Å². The summed E-state index contributed by atoms with van der Waals surface area (Å²) in [5.41, 5.74) is 8.77. The van der Waals surface area contributed by atoms with Crippen LogP contribution in [-0.2, 0) is 0 Å². The highest BCUT2D eigenvalue weighted by Crippen LogP contribution is 2.19. The van der Waals surface area contributed by atoms with Crippen molar-refractivity contribution in [3.05, 3.63) is 58.6 Å². The van der Waals surface area contributed by atoms with Gasteiger partial charge in [0.15, 0.2) is 5.78 Å². The van der Waals surface area contributed by atoms with Gasteiger partial charge in [0.05, 0.1) is 6.54 Å². The summed E-state index contributed by atoms with van der Waals surface area (Å²) in [5.74, 6) is 0.00153. The van der Waals surface area contributed by atoms with Crippen LogP contribution in [0.15, 0.2) is 42.5 Å².